The molecule has 28 heavy (non-hydrogen) atoms. The summed E-state index contributed by atoms with van der Waals surface area (Å²) < 4.78 is 1.54. The average molecular weight is 393 g/mol. The van der Waals surface area contributed by atoms with E-state index in [4.69, 9.17) is 11.6 Å². The van der Waals surface area contributed by atoms with E-state index < -0.39 is 0 Å². The van der Waals surface area contributed by atoms with Crippen LogP contribution in [0.15, 0.2) is 77.7 Å². The Morgan fingerprint density at radius 3 is 2.54 bits per heavy atom. The van der Waals surface area contributed by atoms with Crippen LogP contribution < -0.4 is 5.56 Å². The second kappa shape index (κ2) is 8.03. The van der Waals surface area contributed by atoms with Crippen molar-refractivity contribution in [2.75, 3.05) is 6.54 Å². The summed E-state index contributed by atoms with van der Waals surface area (Å²) in [6, 6.07) is 20.7. The van der Waals surface area contributed by atoms with E-state index in [0.29, 0.717) is 17.1 Å². The largest absolute Gasteiger partial charge is 0.332 e. The third-order valence-electron chi connectivity index (χ3n) is 5.23. The van der Waals surface area contributed by atoms with E-state index in [1.165, 1.54) is 6.07 Å². The number of rotatable bonds is 4. The normalized spacial score (nSPS) is 16.3. The molecule has 0 N–H and O–H groups in total. The number of aromatic nitrogens is 1. The van der Waals surface area contributed by atoms with E-state index in [2.05, 4.69) is 12.1 Å². The molecule has 1 atom stereocenters. The quantitative estimate of drug-likeness (QED) is 0.654. The van der Waals surface area contributed by atoms with Crippen molar-refractivity contribution >= 4 is 17.5 Å². The molecule has 0 spiro atoms. The summed E-state index contributed by atoms with van der Waals surface area (Å²) in [6.45, 7) is 1.06. The van der Waals surface area contributed by atoms with Crippen LogP contribution >= 0.6 is 11.6 Å². The number of carbonyl (C=O) groups is 1. The number of hydrogen-bond donors (Lipinski definition) is 0. The lowest BCUT2D eigenvalue weighted by atomic mass is 10.0. The first kappa shape index (κ1) is 18.5. The van der Waals surface area contributed by atoms with Gasteiger partial charge in [-0.15, -0.1) is 0 Å². The maximum Gasteiger partial charge on any atom is 0.255 e. The maximum absolute atomic E-state index is 13.2. The van der Waals surface area contributed by atoms with Crippen molar-refractivity contribution in [1.29, 1.82) is 0 Å². The minimum atomic E-state index is -0.155. The zero-order valence-electron chi connectivity index (χ0n) is 15.4. The van der Waals surface area contributed by atoms with Gasteiger partial charge in [-0.1, -0.05) is 60.1 Å². The Morgan fingerprint density at radius 1 is 1.00 bits per heavy atom. The molecule has 2 aromatic carbocycles. The lowest BCUT2D eigenvalue weighted by Gasteiger charge is -2.25. The van der Waals surface area contributed by atoms with Crippen LogP contribution in [-0.4, -0.2) is 21.9 Å². The van der Waals surface area contributed by atoms with Gasteiger partial charge in [0, 0.05) is 23.8 Å². The molecule has 142 valence electrons. The highest BCUT2D eigenvalue weighted by molar-refractivity contribution is 6.31. The van der Waals surface area contributed by atoms with Gasteiger partial charge in [0.05, 0.1) is 18.2 Å². The van der Waals surface area contributed by atoms with Crippen LogP contribution in [0, 0.1) is 0 Å². The van der Waals surface area contributed by atoms with E-state index in [0.717, 1.165) is 30.5 Å². The molecule has 2 heterocycles. The fraction of sp³-hybridized carbons (Fsp3) is 0.217. The Kier molecular flexibility index (Phi) is 5.31. The van der Waals surface area contributed by atoms with Gasteiger partial charge in [0.25, 0.3) is 11.5 Å². The summed E-state index contributed by atoms with van der Waals surface area (Å²) in [5.41, 5.74) is 2.36. The van der Waals surface area contributed by atoms with Gasteiger partial charge in [0.2, 0.25) is 0 Å². The van der Waals surface area contributed by atoms with Gasteiger partial charge < -0.3 is 9.47 Å². The molecular weight excluding hydrogens is 372 g/mol. The lowest BCUT2D eigenvalue weighted by Crippen LogP contribution is -2.32. The van der Waals surface area contributed by atoms with Crippen molar-refractivity contribution in [3.05, 3.63) is 105 Å². The molecule has 1 saturated heterocycles. The zero-order valence-corrected chi connectivity index (χ0v) is 16.2. The summed E-state index contributed by atoms with van der Waals surface area (Å²) >= 11 is 6.23. The fourth-order valence-electron chi connectivity index (χ4n) is 3.79. The van der Waals surface area contributed by atoms with Gasteiger partial charge in [-0.2, -0.15) is 0 Å². The van der Waals surface area contributed by atoms with Gasteiger partial charge in [-0.05, 0) is 36.1 Å². The molecule has 1 fully saturated rings. The molecule has 0 unspecified atom stereocenters. The number of carbonyl (C=O) groups excluding carboxylic acids is 1. The van der Waals surface area contributed by atoms with Crippen molar-refractivity contribution in [1.82, 2.24) is 9.47 Å². The van der Waals surface area contributed by atoms with Gasteiger partial charge in [0.1, 0.15) is 0 Å². The van der Waals surface area contributed by atoms with Crippen LogP contribution in [0.1, 0.15) is 40.4 Å². The average Bonchev–Trinajstić information content (AvgIpc) is 3.21. The number of amides is 1. The van der Waals surface area contributed by atoms with Crippen LogP contribution in [0.4, 0.5) is 0 Å². The van der Waals surface area contributed by atoms with E-state index in [9.17, 15) is 9.59 Å². The second-order valence-electron chi connectivity index (χ2n) is 7.04. The first-order valence-corrected chi connectivity index (χ1v) is 9.81. The van der Waals surface area contributed by atoms with Gasteiger partial charge in [0.15, 0.2) is 0 Å². The second-order valence-corrected chi connectivity index (χ2v) is 7.45. The summed E-state index contributed by atoms with van der Waals surface area (Å²) in [7, 11) is 0. The van der Waals surface area contributed by atoms with Crippen molar-refractivity contribution in [3.63, 3.8) is 0 Å². The Hall–Kier alpha value is -2.85. The molecule has 0 bridgehead atoms. The predicted octanol–water partition coefficient (Wildman–Crippen LogP) is 4.53. The molecule has 0 radical (unpaired) electrons. The van der Waals surface area contributed by atoms with Crippen molar-refractivity contribution in [2.24, 2.45) is 0 Å². The monoisotopic (exact) mass is 392 g/mol. The number of halogens is 1. The minimum Gasteiger partial charge on any atom is -0.332 e. The number of hydrogen-bond acceptors (Lipinski definition) is 2. The molecule has 1 aromatic heterocycles. The maximum atomic E-state index is 13.2. The van der Waals surface area contributed by atoms with Crippen LogP contribution in [0.25, 0.3) is 0 Å². The number of nitrogens with zero attached hydrogens (tertiary/aromatic N) is 2. The van der Waals surface area contributed by atoms with E-state index in [1.54, 1.807) is 22.9 Å². The Morgan fingerprint density at radius 2 is 1.75 bits per heavy atom. The van der Waals surface area contributed by atoms with E-state index >= 15 is 0 Å². The zero-order chi connectivity index (χ0) is 19.5. The Bertz CT molecular complexity index is 1050. The Balaban J connectivity index is 1.61. The van der Waals surface area contributed by atoms with E-state index in [-0.39, 0.29) is 17.5 Å². The Labute approximate surface area is 169 Å². The number of benzene rings is 2. The molecular formula is C23H21ClN2O2. The molecule has 0 aliphatic carbocycles. The topological polar surface area (TPSA) is 42.3 Å². The van der Waals surface area contributed by atoms with E-state index in [1.807, 2.05) is 41.3 Å². The molecule has 3 aromatic rings. The number of likely N-dealkylation sites (tertiary alicyclic amines) is 1. The fourth-order valence-corrected chi connectivity index (χ4v) is 3.98. The molecule has 0 saturated carbocycles. The third-order valence-corrected chi connectivity index (χ3v) is 5.60. The van der Waals surface area contributed by atoms with Gasteiger partial charge in [-0.3, -0.25) is 9.59 Å². The summed E-state index contributed by atoms with van der Waals surface area (Å²) in [4.78, 5) is 27.4. The molecule has 1 aliphatic heterocycles. The summed E-state index contributed by atoms with van der Waals surface area (Å²) in [6.07, 6.45) is 3.58. The third kappa shape index (κ3) is 3.73. The van der Waals surface area contributed by atoms with Crippen LogP contribution in [-0.2, 0) is 6.54 Å². The smallest absolute Gasteiger partial charge is 0.255 e. The van der Waals surface area contributed by atoms with Crippen molar-refractivity contribution in [3.8, 4) is 0 Å². The molecule has 1 aliphatic rings. The van der Waals surface area contributed by atoms with Gasteiger partial charge >= 0.3 is 0 Å². The highest BCUT2D eigenvalue weighted by Crippen LogP contribution is 2.32. The van der Waals surface area contributed by atoms with Crippen LogP contribution in [0.3, 0.4) is 0 Å². The summed E-state index contributed by atoms with van der Waals surface area (Å²) in [5.74, 6) is -0.0424. The first-order valence-electron chi connectivity index (χ1n) is 9.43. The predicted molar refractivity (Wildman–Crippen MR) is 111 cm³/mol. The standard InChI is InChI=1S/C23H21ClN2O2/c24-20-10-5-4-9-18(20)15-25-16-19(12-13-22(25)27)23(28)26-14-6-11-21(26)17-7-2-1-3-8-17/h1-5,7-10,12-13,16,21H,6,11,14-15H2/t21-/m1/s1. The SMILES string of the molecule is O=C(c1ccc(=O)n(Cc2ccccc2Cl)c1)N1CCC[C@@H]1c1ccccc1. The molecule has 5 heteroatoms. The highest BCUT2D eigenvalue weighted by Gasteiger charge is 2.30. The minimum absolute atomic E-state index is 0.0424. The molecule has 4 nitrogen and oxygen atoms in total. The molecule has 1 amide bonds. The van der Waals surface area contributed by atoms with Crippen LogP contribution in [0.5, 0.6) is 0 Å². The van der Waals surface area contributed by atoms with Crippen LogP contribution in [0.2, 0.25) is 5.02 Å². The number of pyridine rings is 1. The van der Waals surface area contributed by atoms with Crippen molar-refractivity contribution < 1.29 is 4.79 Å². The van der Waals surface area contributed by atoms with Gasteiger partial charge in [-0.25, -0.2) is 0 Å². The first-order chi connectivity index (χ1) is 13.6. The highest BCUT2D eigenvalue weighted by atomic mass is 35.5. The lowest BCUT2D eigenvalue weighted by molar-refractivity contribution is 0.0734. The molecule has 4 rings (SSSR count). The van der Waals surface area contributed by atoms with Crippen molar-refractivity contribution in [2.45, 2.75) is 25.4 Å². The summed E-state index contributed by atoms with van der Waals surface area (Å²) in [5, 5.41) is 0.606.